The Morgan fingerprint density at radius 2 is 2.41 bits per heavy atom. The first-order chi connectivity index (χ1) is 8.15. The highest BCUT2D eigenvalue weighted by Crippen LogP contribution is 2.19. The van der Waals surface area contributed by atoms with Gasteiger partial charge in [0.1, 0.15) is 0 Å². The van der Waals surface area contributed by atoms with Gasteiger partial charge in [0.25, 0.3) is 5.91 Å². The van der Waals surface area contributed by atoms with E-state index in [9.17, 15) is 4.79 Å². The lowest BCUT2D eigenvalue weighted by atomic mass is 10.1. The molecule has 0 spiro atoms. The van der Waals surface area contributed by atoms with Gasteiger partial charge in [0, 0.05) is 26.3 Å². The molecule has 17 heavy (non-hydrogen) atoms. The number of nitrogens with two attached hydrogens (primary N) is 1. The summed E-state index contributed by atoms with van der Waals surface area (Å²) in [4.78, 5) is 14.2. The van der Waals surface area contributed by atoms with Gasteiger partial charge in [-0.3, -0.25) is 9.48 Å². The molecule has 1 aliphatic rings. The van der Waals surface area contributed by atoms with Gasteiger partial charge >= 0.3 is 0 Å². The fraction of sp³-hybridized carbons (Fsp3) is 0.667. The van der Waals surface area contributed by atoms with Crippen LogP contribution in [-0.2, 0) is 13.5 Å². The first-order valence-electron chi connectivity index (χ1n) is 6.17. The molecule has 5 heteroatoms. The first kappa shape index (κ1) is 12.1. The Morgan fingerprint density at radius 1 is 1.65 bits per heavy atom. The lowest BCUT2D eigenvalue weighted by Crippen LogP contribution is -2.30. The number of aromatic nitrogens is 2. The Bertz CT molecular complexity index is 413. The molecule has 1 unspecified atom stereocenters. The second kappa shape index (κ2) is 4.87. The number of rotatable bonds is 3. The molecular weight excluding hydrogens is 216 g/mol. The third-order valence-electron chi connectivity index (χ3n) is 3.38. The normalized spacial score (nSPS) is 19.9. The Balaban J connectivity index is 2.14. The molecule has 2 N–H and O–H groups in total. The van der Waals surface area contributed by atoms with E-state index in [-0.39, 0.29) is 5.91 Å². The summed E-state index contributed by atoms with van der Waals surface area (Å²) in [5.41, 5.74) is 7.27. The van der Waals surface area contributed by atoms with E-state index in [0.717, 1.165) is 37.2 Å². The van der Waals surface area contributed by atoms with Gasteiger partial charge in [-0.2, -0.15) is 5.10 Å². The van der Waals surface area contributed by atoms with Crippen LogP contribution < -0.4 is 5.73 Å². The maximum atomic E-state index is 12.3. The molecule has 94 valence electrons. The van der Waals surface area contributed by atoms with Gasteiger partial charge in [0.05, 0.1) is 11.3 Å². The van der Waals surface area contributed by atoms with Crippen molar-refractivity contribution in [1.29, 1.82) is 0 Å². The van der Waals surface area contributed by atoms with Crippen LogP contribution in [0, 0.1) is 5.92 Å². The van der Waals surface area contributed by atoms with Crippen LogP contribution in [0.2, 0.25) is 0 Å². The van der Waals surface area contributed by atoms with Crippen molar-refractivity contribution >= 4 is 5.91 Å². The van der Waals surface area contributed by atoms with E-state index in [1.807, 2.05) is 25.1 Å². The molecular formula is C12H20N4O. The van der Waals surface area contributed by atoms with Crippen molar-refractivity contribution in [1.82, 2.24) is 14.7 Å². The molecule has 0 aliphatic carbocycles. The second-order valence-electron chi connectivity index (χ2n) is 4.66. The van der Waals surface area contributed by atoms with Crippen LogP contribution in [0.5, 0.6) is 0 Å². The minimum Gasteiger partial charge on any atom is -0.338 e. The molecule has 1 amide bonds. The lowest BCUT2D eigenvalue weighted by molar-refractivity contribution is 0.0786. The molecule has 1 aliphatic heterocycles. The van der Waals surface area contributed by atoms with E-state index < -0.39 is 0 Å². The standard InChI is InChI=1S/C12H20N4O/c1-3-11-10(8-15(2)14-11)12(17)16-5-4-9(6-13)7-16/h8-9H,3-7,13H2,1-2H3. The minimum absolute atomic E-state index is 0.103. The van der Waals surface area contributed by atoms with Crippen LogP contribution in [0.15, 0.2) is 6.20 Å². The molecule has 1 fully saturated rings. The zero-order valence-corrected chi connectivity index (χ0v) is 10.5. The predicted molar refractivity (Wildman–Crippen MR) is 65.7 cm³/mol. The Kier molecular flexibility index (Phi) is 3.47. The fourth-order valence-corrected chi connectivity index (χ4v) is 2.35. The topological polar surface area (TPSA) is 64.2 Å². The Morgan fingerprint density at radius 3 is 3.00 bits per heavy atom. The van der Waals surface area contributed by atoms with Crippen LogP contribution >= 0.6 is 0 Å². The number of aryl methyl sites for hydroxylation is 2. The molecule has 1 aromatic heterocycles. The van der Waals surface area contributed by atoms with Crippen molar-refractivity contribution in [3.05, 3.63) is 17.5 Å². The summed E-state index contributed by atoms with van der Waals surface area (Å²) in [6.07, 6.45) is 3.62. The van der Waals surface area contributed by atoms with E-state index in [0.29, 0.717) is 12.5 Å². The van der Waals surface area contributed by atoms with Crippen LogP contribution in [-0.4, -0.2) is 40.2 Å². The van der Waals surface area contributed by atoms with Gasteiger partial charge in [0.15, 0.2) is 0 Å². The summed E-state index contributed by atoms with van der Waals surface area (Å²) in [5.74, 6) is 0.562. The van der Waals surface area contributed by atoms with Crippen LogP contribution in [0.3, 0.4) is 0 Å². The second-order valence-corrected chi connectivity index (χ2v) is 4.66. The molecule has 1 saturated heterocycles. The van der Waals surface area contributed by atoms with Gasteiger partial charge in [0.2, 0.25) is 0 Å². The molecule has 0 saturated carbocycles. The van der Waals surface area contributed by atoms with Crippen molar-refractivity contribution in [2.45, 2.75) is 19.8 Å². The molecule has 2 rings (SSSR count). The monoisotopic (exact) mass is 236 g/mol. The van der Waals surface area contributed by atoms with Gasteiger partial charge in [-0.05, 0) is 25.3 Å². The van der Waals surface area contributed by atoms with Gasteiger partial charge in [-0.25, -0.2) is 0 Å². The highest BCUT2D eigenvalue weighted by Gasteiger charge is 2.28. The van der Waals surface area contributed by atoms with Crippen LogP contribution in [0.25, 0.3) is 0 Å². The van der Waals surface area contributed by atoms with Crippen LogP contribution in [0.1, 0.15) is 29.4 Å². The predicted octanol–water partition coefficient (Wildman–Crippen LogP) is 0.403. The van der Waals surface area contributed by atoms with Crippen molar-refractivity contribution in [2.75, 3.05) is 19.6 Å². The number of hydrogen-bond donors (Lipinski definition) is 1. The number of amides is 1. The van der Waals surface area contributed by atoms with E-state index in [4.69, 9.17) is 5.73 Å². The number of nitrogens with zero attached hydrogens (tertiary/aromatic N) is 3. The highest BCUT2D eigenvalue weighted by atomic mass is 16.2. The van der Waals surface area contributed by atoms with Gasteiger partial charge < -0.3 is 10.6 Å². The van der Waals surface area contributed by atoms with E-state index in [1.165, 1.54) is 0 Å². The summed E-state index contributed by atoms with van der Waals surface area (Å²) in [7, 11) is 1.85. The maximum absolute atomic E-state index is 12.3. The van der Waals surface area contributed by atoms with E-state index in [1.54, 1.807) is 4.68 Å². The highest BCUT2D eigenvalue weighted by molar-refractivity contribution is 5.95. The number of likely N-dealkylation sites (tertiary alicyclic amines) is 1. The Labute approximate surface area is 102 Å². The number of carbonyl (C=O) groups excluding carboxylic acids is 1. The number of carbonyl (C=O) groups is 1. The number of hydrogen-bond acceptors (Lipinski definition) is 3. The van der Waals surface area contributed by atoms with Crippen LogP contribution in [0.4, 0.5) is 0 Å². The summed E-state index contributed by atoms with van der Waals surface area (Å²) in [6, 6.07) is 0. The maximum Gasteiger partial charge on any atom is 0.257 e. The first-order valence-corrected chi connectivity index (χ1v) is 6.17. The average molecular weight is 236 g/mol. The molecule has 0 aromatic carbocycles. The third-order valence-corrected chi connectivity index (χ3v) is 3.38. The quantitative estimate of drug-likeness (QED) is 0.826. The smallest absolute Gasteiger partial charge is 0.257 e. The molecule has 2 heterocycles. The van der Waals surface area contributed by atoms with Gasteiger partial charge in [-0.1, -0.05) is 6.92 Å². The van der Waals surface area contributed by atoms with Crippen molar-refractivity contribution in [3.8, 4) is 0 Å². The van der Waals surface area contributed by atoms with E-state index in [2.05, 4.69) is 5.10 Å². The zero-order chi connectivity index (χ0) is 12.4. The Hall–Kier alpha value is -1.36. The largest absolute Gasteiger partial charge is 0.338 e. The molecule has 5 nitrogen and oxygen atoms in total. The van der Waals surface area contributed by atoms with Gasteiger partial charge in [-0.15, -0.1) is 0 Å². The molecule has 0 bridgehead atoms. The molecule has 0 radical (unpaired) electrons. The lowest BCUT2D eigenvalue weighted by Gasteiger charge is -2.15. The van der Waals surface area contributed by atoms with Crippen molar-refractivity contribution in [2.24, 2.45) is 18.7 Å². The van der Waals surface area contributed by atoms with Crippen molar-refractivity contribution < 1.29 is 4.79 Å². The summed E-state index contributed by atoms with van der Waals surface area (Å²) < 4.78 is 1.71. The summed E-state index contributed by atoms with van der Waals surface area (Å²) >= 11 is 0. The third kappa shape index (κ3) is 2.34. The zero-order valence-electron chi connectivity index (χ0n) is 10.5. The van der Waals surface area contributed by atoms with E-state index >= 15 is 0 Å². The summed E-state index contributed by atoms with van der Waals surface area (Å²) in [5, 5.41) is 4.31. The SMILES string of the molecule is CCc1nn(C)cc1C(=O)N1CCC(CN)C1. The average Bonchev–Trinajstić information content (AvgIpc) is 2.93. The minimum atomic E-state index is 0.103. The fourth-order valence-electron chi connectivity index (χ4n) is 2.35. The molecule has 1 atom stereocenters. The summed E-state index contributed by atoms with van der Waals surface area (Å²) in [6.45, 7) is 4.29. The van der Waals surface area contributed by atoms with Crippen molar-refractivity contribution in [3.63, 3.8) is 0 Å². The molecule has 1 aromatic rings.